The maximum atomic E-state index is 12.1. The van der Waals surface area contributed by atoms with Crippen LogP contribution in [0.1, 0.15) is 23.7 Å². The summed E-state index contributed by atoms with van der Waals surface area (Å²) in [6.07, 6.45) is 0.813. The molecule has 0 spiro atoms. The Morgan fingerprint density at radius 1 is 1.48 bits per heavy atom. The number of carbonyl (C=O) groups excluding carboxylic acids is 1. The number of nitrogens with one attached hydrogen (secondary N) is 2. The maximum Gasteiger partial charge on any atom is 0.293 e. The van der Waals surface area contributed by atoms with Gasteiger partial charge in [-0.15, -0.1) is 0 Å². The van der Waals surface area contributed by atoms with E-state index in [1.807, 2.05) is 25.9 Å². The third kappa shape index (κ3) is 5.01. The molecule has 0 radical (unpaired) electrons. The van der Waals surface area contributed by atoms with Crippen LogP contribution in [0.5, 0.6) is 0 Å². The van der Waals surface area contributed by atoms with Gasteiger partial charge < -0.3 is 15.6 Å². The van der Waals surface area contributed by atoms with Crippen LogP contribution < -0.4 is 16.6 Å². The highest BCUT2D eigenvalue weighted by Gasteiger charge is 2.17. The molecule has 1 rings (SSSR count). The van der Waals surface area contributed by atoms with Crippen LogP contribution in [-0.2, 0) is 0 Å². The van der Waals surface area contributed by atoms with Crippen LogP contribution in [-0.4, -0.2) is 42.4 Å². The molecule has 0 aromatic heterocycles. The highest BCUT2D eigenvalue weighted by molar-refractivity contribution is 5.96. The Morgan fingerprint density at radius 3 is 2.67 bits per heavy atom. The van der Waals surface area contributed by atoms with Crippen LogP contribution in [0.25, 0.3) is 0 Å². The predicted octanol–water partition coefficient (Wildman–Crippen LogP) is 0.950. The monoisotopic (exact) mass is 295 g/mol. The van der Waals surface area contributed by atoms with Crippen LogP contribution in [0.2, 0.25) is 0 Å². The second kappa shape index (κ2) is 7.55. The normalized spacial score (nSPS) is 12.0. The molecule has 1 aromatic rings. The quantitative estimate of drug-likeness (QED) is 0.392. The van der Waals surface area contributed by atoms with Crippen molar-refractivity contribution in [1.82, 2.24) is 10.2 Å². The second-order valence-corrected chi connectivity index (χ2v) is 5.10. The molecule has 1 amide bonds. The molecule has 116 valence electrons. The molecule has 8 heteroatoms. The first kappa shape index (κ1) is 16.9. The van der Waals surface area contributed by atoms with E-state index in [-0.39, 0.29) is 23.3 Å². The molecule has 0 aliphatic carbocycles. The van der Waals surface area contributed by atoms with Crippen LogP contribution >= 0.6 is 0 Å². The van der Waals surface area contributed by atoms with Crippen LogP contribution in [0.15, 0.2) is 18.2 Å². The van der Waals surface area contributed by atoms with E-state index in [1.54, 1.807) is 0 Å². The van der Waals surface area contributed by atoms with E-state index in [4.69, 9.17) is 5.84 Å². The summed E-state index contributed by atoms with van der Waals surface area (Å²) in [6.45, 7) is 2.77. The topological polar surface area (TPSA) is 114 Å². The Labute approximate surface area is 123 Å². The van der Waals surface area contributed by atoms with E-state index in [0.29, 0.717) is 5.56 Å². The number of nitrogens with two attached hydrogens (primary N) is 1. The molecule has 8 nitrogen and oxygen atoms in total. The summed E-state index contributed by atoms with van der Waals surface area (Å²) in [5, 5.41) is 13.6. The van der Waals surface area contributed by atoms with Crippen molar-refractivity contribution in [2.45, 2.75) is 19.4 Å². The van der Waals surface area contributed by atoms with Gasteiger partial charge in [0.25, 0.3) is 11.6 Å². The fourth-order valence-corrected chi connectivity index (χ4v) is 1.78. The molecular weight excluding hydrogens is 274 g/mol. The molecule has 1 unspecified atom stereocenters. The first-order chi connectivity index (χ1) is 9.85. The van der Waals surface area contributed by atoms with Crippen molar-refractivity contribution in [2.75, 3.05) is 26.1 Å². The number of nitro groups is 1. The number of hydrogen-bond acceptors (Lipinski definition) is 6. The van der Waals surface area contributed by atoms with Crippen molar-refractivity contribution in [3.05, 3.63) is 33.9 Å². The zero-order valence-corrected chi connectivity index (χ0v) is 12.4. The number of carbonyl (C=O) groups is 1. The summed E-state index contributed by atoms with van der Waals surface area (Å²) in [4.78, 5) is 24.4. The number of nitro benzene ring substituents is 1. The number of nitrogens with zero attached hydrogens (tertiary/aromatic N) is 2. The van der Waals surface area contributed by atoms with Crippen molar-refractivity contribution in [3.63, 3.8) is 0 Å². The molecule has 0 saturated heterocycles. The Bertz CT molecular complexity index is 519. The molecule has 0 bridgehead atoms. The van der Waals surface area contributed by atoms with E-state index >= 15 is 0 Å². The van der Waals surface area contributed by atoms with Gasteiger partial charge in [0, 0.05) is 17.7 Å². The van der Waals surface area contributed by atoms with E-state index in [2.05, 4.69) is 10.7 Å². The fraction of sp³-hybridized carbons (Fsp3) is 0.462. The van der Waals surface area contributed by atoms with Gasteiger partial charge in [-0.1, -0.05) is 0 Å². The van der Waals surface area contributed by atoms with Gasteiger partial charge in [0.15, 0.2) is 0 Å². The molecule has 0 heterocycles. The third-order valence-electron chi connectivity index (χ3n) is 3.00. The Kier molecular flexibility index (Phi) is 6.07. The lowest BCUT2D eigenvalue weighted by atomic mass is 10.1. The Morgan fingerprint density at radius 2 is 2.14 bits per heavy atom. The van der Waals surface area contributed by atoms with E-state index in [1.165, 1.54) is 18.2 Å². The second-order valence-electron chi connectivity index (χ2n) is 5.10. The lowest BCUT2D eigenvalue weighted by Crippen LogP contribution is -2.34. The minimum absolute atomic E-state index is 0.00405. The molecule has 0 aliphatic heterocycles. The van der Waals surface area contributed by atoms with Crippen molar-refractivity contribution in [3.8, 4) is 0 Å². The number of hydrazine groups is 1. The standard InChI is InChI=1S/C13H21N5O3/c1-9(6-7-17(2)3)15-13(19)10-4-5-12(18(20)21)11(8-10)16-14/h4-5,8-9,16H,6-7,14H2,1-3H3,(H,15,19). The average molecular weight is 295 g/mol. The molecule has 0 saturated carbocycles. The van der Waals surface area contributed by atoms with E-state index in [0.717, 1.165) is 13.0 Å². The van der Waals surface area contributed by atoms with Crippen LogP contribution in [0, 0.1) is 10.1 Å². The van der Waals surface area contributed by atoms with Gasteiger partial charge in [-0.05, 0) is 46.1 Å². The van der Waals surface area contributed by atoms with E-state index in [9.17, 15) is 14.9 Å². The molecule has 1 aromatic carbocycles. The lowest BCUT2D eigenvalue weighted by molar-refractivity contribution is -0.384. The van der Waals surface area contributed by atoms with Crippen molar-refractivity contribution >= 4 is 17.3 Å². The molecule has 1 atom stereocenters. The molecule has 0 aliphatic rings. The van der Waals surface area contributed by atoms with E-state index < -0.39 is 4.92 Å². The van der Waals surface area contributed by atoms with Crippen LogP contribution in [0.4, 0.5) is 11.4 Å². The summed E-state index contributed by atoms with van der Waals surface area (Å²) in [5.74, 6) is 4.96. The Balaban J connectivity index is 2.76. The Hall–Kier alpha value is -2.19. The van der Waals surface area contributed by atoms with Crippen LogP contribution in [0.3, 0.4) is 0 Å². The zero-order valence-electron chi connectivity index (χ0n) is 12.4. The number of hydrogen-bond donors (Lipinski definition) is 3. The predicted molar refractivity (Wildman–Crippen MR) is 81.0 cm³/mol. The SMILES string of the molecule is CC(CCN(C)C)NC(=O)c1ccc([N+](=O)[O-])c(NN)c1. The van der Waals surface area contributed by atoms with Gasteiger partial charge in [0.05, 0.1) is 4.92 Å². The molecule has 21 heavy (non-hydrogen) atoms. The fourth-order valence-electron chi connectivity index (χ4n) is 1.78. The van der Waals surface area contributed by atoms with Gasteiger partial charge >= 0.3 is 0 Å². The summed E-state index contributed by atoms with van der Waals surface area (Å²) in [6, 6.07) is 4.04. The molecular formula is C13H21N5O3. The maximum absolute atomic E-state index is 12.1. The minimum atomic E-state index is -0.559. The summed E-state index contributed by atoms with van der Waals surface area (Å²) in [5.41, 5.74) is 2.50. The van der Waals surface area contributed by atoms with Crippen molar-refractivity contribution in [1.29, 1.82) is 0 Å². The van der Waals surface area contributed by atoms with Crippen molar-refractivity contribution < 1.29 is 9.72 Å². The number of benzene rings is 1. The third-order valence-corrected chi connectivity index (χ3v) is 3.00. The van der Waals surface area contributed by atoms with Gasteiger partial charge in [0.1, 0.15) is 5.69 Å². The van der Waals surface area contributed by atoms with Gasteiger partial charge in [0.2, 0.25) is 0 Å². The van der Waals surface area contributed by atoms with Gasteiger partial charge in [-0.3, -0.25) is 20.8 Å². The average Bonchev–Trinajstić information content (AvgIpc) is 2.44. The smallest absolute Gasteiger partial charge is 0.293 e. The zero-order chi connectivity index (χ0) is 16.0. The highest BCUT2D eigenvalue weighted by Crippen LogP contribution is 2.24. The number of rotatable bonds is 7. The first-order valence-corrected chi connectivity index (χ1v) is 6.55. The van der Waals surface area contributed by atoms with Gasteiger partial charge in [-0.25, -0.2) is 0 Å². The summed E-state index contributed by atoms with van der Waals surface area (Å²) < 4.78 is 0. The summed E-state index contributed by atoms with van der Waals surface area (Å²) >= 11 is 0. The van der Waals surface area contributed by atoms with Crippen molar-refractivity contribution in [2.24, 2.45) is 5.84 Å². The van der Waals surface area contributed by atoms with Gasteiger partial charge in [-0.2, -0.15) is 0 Å². The minimum Gasteiger partial charge on any atom is -0.350 e. The number of nitrogen functional groups attached to an aromatic ring is 1. The first-order valence-electron chi connectivity index (χ1n) is 6.55. The molecule has 4 N–H and O–H groups in total. The molecule has 0 fully saturated rings. The largest absolute Gasteiger partial charge is 0.350 e. The summed E-state index contributed by atoms with van der Waals surface area (Å²) in [7, 11) is 3.92. The number of anilines is 1. The lowest BCUT2D eigenvalue weighted by Gasteiger charge is -2.17. The number of amides is 1. The highest BCUT2D eigenvalue weighted by atomic mass is 16.6.